The van der Waals surface area contributed by atoms with Crippen molar-refractivity contribution in [1.82, 2.24) is 0 Å². The van der Waals surface area contributed by atoms with Crippen molar-refractivity contribution >= 4 is 11.9 Å². The molecule has 4 aliphatic rings. The van der Waals surface area contributed by atoms with Crippen LogP contribution in [0.1, 0.15) is 92.4 Å². The van der Waals surface area contributed by atoms with E-state index in [1.165, 1.54) is 26.7 Å². The molecule has 0 saturated heterocycles. The summed E-state index contributed by atoms with van der Waals surface area (Å²) >= 11 is 0. The Morgan fingerprint density at radius 3 is 2.18 bits per heavy atom. The zero-order valence-corrected chi connectivity index (χ0v) is 21.8. The van der Waals surface area contributed by atoms with Gasteiger partial charge < -0.3 is 19.7 Å². The van der Waals surface area contributed by atoms with Crippen molar-refractivity contribution in [1.29, 1.82) is 0 Å². The first-order chi connectivity index (χ1) is 16.0. The number of esters is 2. The van der Waals surface area contributed by atoms with Gasteiger partial charge in [0.1, 0.15) is 12.2 Å². The van der Waals surface area contributed by atoms with Crippen molar-refractivity contribution in [2.45, 2.75) is 111 Å². The molecule has 6 nitrogen and oxygen atoms in total. The molecule has 194 valence electrons. The molecule has 4 aliphatic carbocycles. The van der Waals surface area contributed by atoms with E-state index in [1.54, 1.807) is 0 Å². The number of carbonyl (C=O) groups is 2. The van der Waals surface area contributed by atoms with Gasteiger partial charge in [-0.2, -0.15) is 0 Å². The second kappa shape index (κ2) is 9.72. The molecule has 34 heavy (non-hydrogen) atoms. The fourth-order valence-electron chi connectivity index (χ4n) is 9.45. The van der Waals surface area contributed by atoms with Crippen molar-refractivity contribution in [3.05, 3.63) is 0 Å². The molecular weight excluding hydrogens is 432 g/mol. The Labute approximate surface area is 205 Å². The van der Waals surface area contributed by atoms with Crippen LogP contribution in [0.4, 0.5) is 0 Å². The fourth-order valence-corrected chi connectivity index (χ4v) is 9.45. The molecule has 11 atom stereocenters. The highest BCUT2D eigenvalue weighted by Gasteiger charge is 2.67. The lowest BCUT2D eigenvalue weighted by Gasteiger charge is -2.64. The number of hydrogen-bond acceptors (Lipinski definition) is 6. The Morgan fingerprint density at radius 2 is 1.53 bits per heavy atom. The van der Waals surface area contributed by atoms with E-state index in [-0.39, 0.29) is 41.2 Å². The second-order valence-corrected chi connectivity index (χ2v) is 12.6. The van der Waals surface area contributed by atoms with E-state index >= 15 is 0 Å². The van der Waals surface area contributed by atoms with Crippen molar-refractivity contribution < 1.29 is 29.3 Å². The maximum atomic E-state index is 12.3. The lowest BCUT2D eigenvalue weighted by Crippen LogP contribution is -2.65. The SMILES string of the molecule is CC(=O)O[C@H]1[C@H](OC(C)=O)[C@H]2C[C@@H](O)CC[C@]2(C)[C@H]2CC[C@]3(C)[C@@H]([C@H](C)CCCO)CC[C@H]3[C@H]12. The summed E-state index contributed by atoms with van der Waals surface area (Å²) in [6, 6.07) is 0. The minimum absolute atomic E-state index is 0.00390. The van der Waals surface area contributed by atoms with Crippen molar-refractivity contribution in [2.75, 3.05) is 6.61 Å². The highest BCUT2D eigenvalue weighted by Crippen LogP contribution is 2.69. The summed E-state index contributed by atoms with van der Waals surface area (Å²) in [4.78, 5) is 24.6. The standard InChI is InChI=1S/C28H46O6/c1-16(7-6-14-29)20-8-9-21-24-22(11-13-27(20,21)4)28(5)12-10-19(32)15-23(28)25(33-17(2)30)26(24)34-18(3)31/h16,19-26,29,32H,6-15H2,1-5H3/t16-,19+,20-,21+,22+,23-,24+,25-,26-,27-,28-/m1/s1. The summed E-state index contributed by atoms with van der Waals surface area (Å²) in [5, 5.41) is 19.9. The molecule has 4 saturated carbocycles. The van der Waals surface area contributed by atoms with E-state index in [2.05, 4.69) is 20.8 Å². The lowest BCUT2D eigenvalue weighted by atomic mass is 9.43. The third kappa shape index (κ3) is 4.31. The molecule has 2 N–H and O–H groups in total. The molecule has 4 rings (SSSR count). The van der Waals surface area contributed by atoms with Gasteiger partial charge in [0, 0.05) is 32.3 Å². The van der Waals surface area contributed by atoms with E-state index in [0.29, 0.717) is 30.1 Å². The molecule has 0 amide bonds. The van der Waals surface area contributed by atoms with Gasteiger partial charge in [0.2, 0.25) is 0 Å². The number of aliphatic hydroxyl groups is 2. The van der Waals surface area contributed by atoms with Crippen LogP contribution in [-0.2, 0) is 19.1 Å². The smallest absolute Gasteiger partial charge is 0.303 e. The summed E-state index contributed by atoms with van der Waals surface area (Å²) in [5.41, 5.74) is 0.120. The summed E-state index contributed by atoms with van der Waals surface area (Å²) in [7, 11) is 0. The van der Waals surface area contributed by atoms with Gasteiger partial charge in [0.15, 0.2) is 0 Å². The normalized spacial score (nSPS) is 46.6. The summed E-state index contributed by atoms with van der Waals surface area (Å²) in [6.45, 7) is 10.3. The third-order valence-corrected chi connectivity index (χ3v) is 10.9. The van der Waals surface area contributed by atoms with Crippen LogP contribution in [0.2, 0.25) is 0 Å². The molecular formula is C28H46O6. The average molecular weight is 479 g/mol. The molecule has 6 heteroatoms. The first-order valence-corrected chi connectivity index (χ1v) is 13.7. The van der Waals surface area contributed by atoms with Crippen molar-refractivity contribution in [3.63, 3.8) is 0 Å². The summed E-state index contributed by atoms with van der Waals surface area (Å²) < 4.78 is 12.1. The van der Waals surface area contributed by atoms with Crippen LogP contribution in [-0.4, -0.2) is 47.1 Å². The molecule has 0 aromatic heterocycles. The second-order valence-electron chi connectivity index (χ2n) is 12.6. The largest absolute Gasteiger partial charge is 0.458 e. The Kier molecular flexibility index (Phi) is 7.42. The number of hydrogen-bond donors (Lipinski definition) is 2. The third-order valence-electron chi connectivity index (χ3n) is 10.9. The van der Waals surface area contributed by atoms with Gasteiger partial charge in [-0.25, -0.2) is 0 Å². The Balaban J connectivity index is 1.74. The zero-order chi connectivity index (χ0) is 24.8. The minimum Gasteiger partial charge on any atom is -0.458 e. The summed E-state index contributed by atoms with van der Waals surface area (Å²) in [6.07, 6.45) is 7.37. The lowest BCUT2D eigenvalue weighted by molar-refractivity contribution is -0.241. The number of fused-ring (bicyclic) bond motifs is 5. The monoisotopic (exact) mass is 478 g/mol. The predicted octanol–water partition coefficient (Wildman–Crippen LogP) is 4.50. The van der Waals surface area contributed by atoms with Crippen molar-refractivity contribution in [3.8, 4) is 0 Å². The number of carbonyl (C=O) groups excluding carboxylic acids is 2. The number of ether oxygens (including phenoxy) is 2. The van der Waals surface area contributed by atoms with E-state index < -0.39 is 18.3 Å². The highest BCUT2D eigenvalue weighted by atomic mass is 16.6. The van der Waals surface area contributed by atoms with Crippen LogP contribution in [0.5, 0.6) is 0 Å². The first kappa shape index (κ1) is 25.9. The molecule has 4 fully saturated rings. The van der Waals surface area contributed by atoms with E-state index in [1.807, 2.05) is 0 Å². The Bertz CT molecular complexity index is 768. The van der Waals surface area contributed by atoms with Gasteiger partial charge in [-0.3, -0.25) is 9.59 Å². The summed E-state index contributed by atoms with van der Waals surface area (Å²) in [5.74, 6) is 1.45. The van der Waals surface area contributed by atoms with Crippen LogP contribution in [0, 0.1) is 46.3 Å². The molecule has 0 radical (unpaired) electrons. The Morgan fingerprint density at radius 1 is 0.912 bits per heavy atom. The maximum absolute atomic E-state index is 12.3. The molecule has 0 heterocycles. The van der Waals surface area contributed by atoms with Gasteiger partial charge in [0.25, 0.3) is 0 Å². The molecule has 0 spiro atoms. The van der Waals surface area contributed by atoms with E-state index in [4.69, 9.17) is 9.47 Å². The van der Waals surface area contributed by atoms with Crippen molar-refractivity contribution in [2.24, 2.45) is 46.3 Å². The molecule has 0 aliphatic heterocycles. The molecule has 0 bridgehead atoms. The quantitative estimate of drug-likeness (QED) is 0.546. The van der Waals surface area contributed by atoms with Gasteiger partial charge in [-0.1, -0.05) is 20.8 Å². The topological polar surface area (TPSA) is 93.1 Å². The van der Waals surface area contributed by atoms with Crippen LogP contribution in [0.3, 0.4) is 0 Å². The fraction of sp³-hybridized carbons (Fsp3) is 0.929. The van der Waals surface area contributed by atoms with E-state index in [0.717, 1.165) is 38.5 Å². The van der Waals surface area contributed by atoms with E-state index in [9.17, 15) is 19.8 Å². The van der Waals surface area contributed by atoms with Crippen LogP contribution in [0.25, 0.3) is 0 Å². The van der Waals surface area contributed by atoms with Gasteiger partial charge in [0.05, 0.1) is 6.10 Å². The predicted molar refractivity (Wildman–Crippen MR) is 129 cm³/mol. The highest BCUT2D eigenvalue weighted by molar-refractivity contribution is 5.67. The van der Waals surface area contributed by atoms with Gasteiger partial charge >= 0.3 is 11.9 Å². The van der Waals surface area contributed by atoms with Crippen LogP contribution < -0.4 is 0 Å². The van der Waals surface area contributed by atoms with Gasteiger partial charge in [-0.05, 0) is 92.3 Å². The molecule has 0 aromatic carbocycles. The van der Waals surface area contributed by atoms with Gasteiger partial charge in [-0.15, -0.1) is 0 Å². The zero-order valence-electron chi connectivity index (χ0n) is 21.8. The first-order valence-electron chi connectivity index (χ1n) is 13.7. The maximum Gasteiger partial charge on any atom is 0.303 e. The van der Waals surface area contributed by atoms with Crippen LogP contribution in [0.15, 0.2) is 0 Å². The number of rotatable bonds is 6. The van der Waals surface area contributed by atoms with Crippen LogP contribution >= 0.6 is 0 Å². The average Bonchev–Trinajstić information content (AvgIpc) is 3.12. The Hall–Kier alpha value is -1.14. The number of aliphatic hydroxyl groups excluding tert-OH is 2. The molecule has 0 aromatic rings. The minimum atomic E-state index is -0.504. The molecule has 0 unspecified atom stereocenters.